The number of carbonyl (C=O) groups is 2. The number of benzene rings is 2. The van der Waals surface area contributed by atoms with Crippen LogP contribution < -0.4 is 10.9 Å². The summed E-state index contributed by atoms with van der Waals surface area (Å²) in [7, 11) is 0. The number of amides is 2. The summed E-state index contributed by atoms with van der Waals surface area (Å²) in [6, 6.07) is 8.40. The lowest BCUT2D eigenvalue weighted by atomic mass is 10.2. The van der Waals surface area contributed by atoms with Gasteiger partial charge >= 0.3 is 0 Å². The molecule has 2 amide bonds. The quantitative estimate of drug-likeness (QED) is 0.333. The van der Waals surface area contributed by atoms with Gasteiger partial charge in [-0.3, -0.25) is 9.59 Å². The van der Waals surface area contributed by atoms with E-state index in [1.54, 1.807) is 0 Å². The molecule has 6 nitrogen and oxygen atoms in total. The van der Waals surface area contributed by atoms with Crippen LogP contribution in [-0.4, -0.2) is 24.2 Å². The number of hydrogen-bond donors (Lipinski definition) is 2. The second-order valence-electron chi connectivity index (χ2n) is 6.06. The zero-order valence-corrected chi connectivity index (χ0v) is 17.2. The minimum atomic E-state index is -0.550. The number of hydrogen-bond acceptors (Lipinski definition) is 4. The molecule has 2 aromatic carbocycles. The fourth-order valence-corrected chi connectivity index (χ4v) is 2.71. The van der Waals surface area contributed by atoms with Crippen LogP contribution >= 0.6 is 23.2 Å². The van der Waals surface area contributed by atoms with Crippen LogP contribution in [0.25, 0.3) is 0 Å². The Labute approximate surface area is 181 Å². The van der Waals surface area contributed by atoms with Crippen molar-refractivity contribution in [2.75, 3.05) is 0 Å². The van der Waals surface area contributed by atoms with Crippen molar-refractivity contribution in [2.45, 2.75) is 25.7 Å². The first-order chi connectivity index (χ1) is 14.4. The molecule has 0 unspecified atom stereocenters. The third-order valence-electron chi connectivity index (χ3n) is 3.82. The molecule has 0 aliphatic rings. The molecule has 0 fully saturated rings. The first-order valence-corrected chi connectivity index (χ1v) is 9.66. The van der Waals surface area contributed by atoms with Crippen LogP contribution in [0.2, 0.25) is 10.0 Å². The van der Waals surface area contributed by atoms with Crippen LogP contribution in [0.1, 0.15) is 36.8 Å². The lowest BCUT2D eigenvalue weighted by Gasteiger charge is -2.02. The highest BCUT2D eigenvalue weighted by Crippen LogP contribution is 2.17. The molecule has 0 aliphatic heterocycles. The summed E-state index contributed by atoms with van der Waals surface area (Å²) >= 11 is 11.7. The molecule has 0 spiro atoms. The highest BCUT2D eigenvalue weighted by Gasteiger charge is 2.06. The first kappa shape index (κ1) is 23.4. The Kier molecular flexibility index (Phi) is 9.37. The normalized spacial score (nSPS) is 11.2. The van der Waals surface area contributed by atoms with Crippen LogP contribution in [-0.2, 0) is 9.59 Å². The van der Waals surface area contributed by atoms with E-state index >= 15 is 0 Å². The lowest BCUT2D eigenvalue weighted by Crippen LogP contribution is -2.19. The van der Waals surface area contributed by atoms with Crippen molar-refractivity contribution >= 4 is 47.4 Å². The van der Waals surface area contributed by atoms with Crippen LogP contribution in [0, 0.1) is 11.6 Å². The molecule has 158 valence electrons. The Morgan fingerprint density at radius 2 is 1.20 bits per heavy atom. The summed E-state index contributed by atoms with van der Waals surface area (Å²) in [6.45, 7) is 0. The fraction of sp³-hybridized carbons (Fsp3) is 0.200. The number of halogens is 4. The van der Waals surface area contributed by atoms with Crippen molar-refractivity contribution in [1.29, 1.82) is 0 Å². The largest absolute Gasteiger partial charge is 0.273 e. The molecule has 2 N–H and O–H groups in total. The summed E-state index contributed by atoms with van der Waals surface area (Å²) in [6.07, 6.45) is 3.37. The molecule has 0 radical (unpaired) electrons. The molecule has 0 atom stereocenters. The van der Waals surface area contributed by atoms with Gasteiger partial charge < -0.3 is 0 Å². The molecule has 0 heterocycles. The predicted molar refractivity (Wildman–Crippen MR) is 113 cm³/mol. The maximum atomic E-state index is 13.6. The number of hydrazone groups is 2. The van der Waals surface area contributed by atoms with E-state index in [0.717, 1.165) is 12.4 Å². The summed E-state index contributed by atoms with van der Waals surface area (Å²) in [4.78, 5) is 23.4. The van der Waals surface area contributed by atoms with Crippen molar-refractivity contribution in [3.63, 3.8) is 0 Å². The molecule has 2 aromatic rings. The number of rotatable bonds is 9. The van der Waals surface area contributed by atoms with Crippen molar-refractivity contribution in [2.24, 2.45) is 10.2 Å². The Hall–Kier alpha value is -2.84. The summed E-state index contributed by atoms with van der Waals surface area (Å²) in [5.41, 5.74) is 4.69. The van der Waals surface area contributed by atoms with E-state index in [1.807, 2.05) is 0 Å². The topological polar surface area (TPSA) is 82.9 Å². The second kappa shape index (κ2) is 12.0. The summed E-state index contributed by atoms with van der Waals surface area (Å²) in [5, 5.41) is 7.70. The Morgan fingerprint density at radius 3 is 1.57 bits per heavy atom. The van der Waals surface area contributed by atoms with E-state index in [1.165, 1.54) is 36.4 Å². The fourth-order valence-electron chi connectivity index (χ4n) is 2.29. The van der Waals surface area contributed by atoms with E-state index in [2.05, 4.69) is 21.1 Å². The van der Waals surface area contributed by atoms with Crippen LogP contribution in [0.4, 0.5) is 8.78 Å². The van der Waals surface area contributed by atoms with Gasteiger partial charge in [0.1, 0.15) is 11.6 Å². The predicted octanol–water partition coefficient (Wildman–Crippen LogP) is 4.43. The van der Waals surface area contributed by atoms with Crippen LogP contribution in [0.15, 0.2) is 46.6 Å². The van der Waals surface area contributed by atoms with Gasteiger partial charge in [-0.1, -0.05) is 35.3 Å². The highest BCUT2D eigenvalue weighted by atomic mass is 35.5. The number of nitrogens with zero attached hydrogens (tertiary/aromatic N) is 2. The highest BCUT2D eigenvalue weighted by molar-refractivity contribution is 6.33. The first-order valence-electron chi connectivity index (χ1n) is 8.90. The van der Waals surface area contributed by atoms with Gasteiger partial charge in [-0.05, 0) is 37.1 Å². The third kappa shape index (κ3) is 7.53. The van der Waals surface area contributed by atoms with E-state index in [9.17, 15) is 18.4 Å². The zero-order valence-electron chi connectivity index (χ0n) is 15.7. The monoisotopic (exact) mass is 454 g/mol. The van der Waals surface area contributed by atoms with Crippen LogP contribution in [0.5, 0.6) is 0 Å². The van der Waals surface area contributed by atoms with E-state index in [-0.39, 0.29) is 45.8 Å². The van der Waals surface area contributed by atoms with Gasteiger partial charge in [-0.2, -0.15) is 10.2 Å². The lowest BCUT2D eigenvalue weighted by molar-refractivity contribution is -0.123. The van der Waals surface area contributed by atoms with E-state index < -0.39 is 11.6 Å². The van der Waals surface area contributed by atoms with Crippen molar-refractivity contribution < 1.29 is 18.4 Å². The van der Waals surface area contributed by atoms with E-state index in [4.69, 9.17) is 23.2 Å². The molecule has 0 bridgehead atoms. The second-order valence-corrected chi connectivity index (χ2v) is 6.88. The molecular weight excluding hydrogens is 437 g/mol. The Balaban J connectivity index is 1.66. The maximum absolute atomic E-state index is 13.6. The third-order valence-corrected chi connectivity index (χ3v) is 4.48. The average Bonchev–Trinajstić information content (AvgIpc) is 2.70. The van der Waals surface area contributed by atoms with Crippen molar-refractivity contribution in [3.05, 3.63) is 69.2 Å². The van der Waals surface area contributed by atoms with Crippen molar-refractivity contribution in [3.8, 4) is 0 Å². The standard InChI is InChI=1S/C20H18Cl2F2N4O2/c21-15-5-3-7-17(23)13(15)11-25-27-19(29)9-1-2-10-20(30)28-26-12-14-16(22)6-4-8-18(14)24/h3-8,11-12H,1-2,9-10H2,(H,27,29)(H,28,30)/b25-11+,26-12+. The van der Waals surface area contributed by atoms with Gasteiger partial charge in [0.2, 0.25) is 11.8 Å². The van der Waals surface area contributed by atoms with Gasteiger partial charge in [0, 0.05) is 24.0 Å². The van der Waals surface area contributed by atoms with Gasteiger partial charge in [0.25, 0.3) is 0 Å². The molecule has 0 aromatic heterocycles. The molecule has 10 heteroatoms. The van der Waals surface area contributed by atoms with Gasteiger partial charge in [0.05, 0.1) is 22.5 Å². The molecule has 0 saturated heterocycles. The smallest absolute Gasteiger partial charge is 0.240 e. The summed E-state index contributed by atoms with van der Waals surface area (Å²) < 4.78 is 27.1. The molecule has 0 aliphatic carbocycles. The van der Waals surface area contributed by atoms with E-state index in [0.29, 0.717) is 12.8 Å². The minimum absolute atomic E-state index is 0.0772. The molecular formula is C20H18Cl2F2N4O2. The zero-order chi connectivity index (χ0) is 21.9. The maximum Gasteiger partial charge on any atom is 0.240 e. The van der Waals surface area contributed by atoms with Gasteiger partial charge in [-0.25, -0.2) is 19.6 Å². The molecule has 30 heavy (non-hydrogen) atoms. The Bertz CT molecular complexity index is 850. The van der Waals surface area contributed by atoms with Gasteiger partial charge in [0.15, 0.2) is 0 Å². The minimum Gasteiger partial charge on any atom is -0.273 e. The Morgan fingerprint density at radius 1 is 0.800 bits per heavy atom. The number of carbonyl (C=O) groups excluding carboxylic acids is 2. The summed E-state index contributed by atoms with van der Waals surface area (Å²) in [5.74, 6) is -1.87. The van der Waals surface area contributed by atoms with Gasteiger partial charge in [-0.15, -0.1) is 0 Å². The number of nitrogens with one attached hydrogen (secondary N) is 2. The molecule has 2 rings (SSSR count). The average molecular weight is 455 g/mol. The SMILES string of the molecule is O=C(CCCCC(=O)N/N=C/c1c(F)cccc1Cl)N/N=C/c1c(F)cccc1Cl. The molecule has 0 saturated carbocycles. The number of unbranched alkanes of at least 4 members (excludes halogenated alkanes) is 1. The van der Waals surface area contributed by atoms with Crippen molar-refractivity contribution in [1.82, 2.24) is 10.9 Å². The van der Waals surface area contributed by atoms with Crippen LogP contribution in [0.3, 0.4) is 0 Å².